The van der Waals surface area contributed by atoms with Gasteiger partial charge < -0.3 is 13.9 Å². The number of ether oxygens (including phenoxy) is 2. The van der Waals surface area contributed by atoms with Gasteiger partial charge in [0.05, 0.1) is 18.1 Å². The van der Waals surface area contributed by atoms with Crippen molar-refractivity contribution in [2.24, 2.45) is 0 Å². The smallest absolute Gasteiger partial charge is 0.314 e. The molecule has 0 saturated carbocycles. The largest absolute Gasteiger partial charge is 0.496 e. The van der Waals surface area contributed by atoms with E-state index in [0.717, 1.165) is 5.56 Å². The zero-order chi connectivity index (χ0) is 17.8. The third-order valence-corrected chi connectivity index (χ3v) is 3.48. The van der Waals surface area contributed by atoms with Crippen LogP contribution in [0.1, 0.15) is 18.9 Å². The fourth-order valence-corrected chi connectivity index (χ4v) is 2.20. The summed E-state index contributed by atoms with van der Waals surface area (Å²) < 4.78 is 16.3. The molecule has 0 N–H and O–H groups in total. The third kappa shape index (κ3) is 3.57. The molecule has 128 valence electrons. The summed E-state index contributed by atoms with van der Waals surface area (Å²) in [6.07, 6.45) is -0.656. The van der Waals surface area contributed by atoms with E-state index in [0.29, 0.717) is 11.6 Å². The van der Waals surface area contributed by atoms with Crippen LogP contribution in [0.25, 0.3) is 11.5 Å². The van der Waals surface area contributed by atoms with Crippen LogP contribution < -0.4 is 9.47 Å². The number of nitrogens with zero attached hydrogens (tertiary/aromatic N) is 3. The summed E-state index contributed by atoms with van der Waals surface area (Å²) in [7, 11) is 1.44. The number of nitro groups is 1. The normalized spacial score (nSPS) is 11.8. The molecule has 0 bridgehead atoms. The highest BCUT2D eigenvalue weighted by molar-refractivity contribution is 5.52. The first-order valence-electron chi connectivity index (χ1n) is 7.46. The third-order valence-electron chi connectivity index (χ3n) is 3.48. The molecule has 0 fully saturated rings. The first-order valence-corrected chi connectivity index (χ1v) is 7.46. The van der Waals surface area contributed by atoms with Gasteiger partial charge in [-0.05, 0) is 31.2 Å². The van der Waals surface area contributed by atoms with Crippen LogP contribution in [-0.2, 0) is 0 Å². The van der Waals surface area contributed by atoms with Gasteiger partial charge in [0.2, 0.25) is 5.89 Å². The predicted octanol–water partition coefficient (Wildman–Crippen LogP) is 3.79. The van der Waals surface area contributed by atoms with Gasteiger partial charge in [-0.3, -0.25) is 10.1 Å². The van der Waals surface area contributed by atoms with E-state index < -0.39 is 11.0 Å². The number of hydrogen-bond acceptors (Lipinski definition) is 7. The molecule has 1 aromatic heterocycles. The molecule has 0 aliphatic rings. The summed E-state index contributed by atoms with van der Waals surface area (Å²) >= 11 is 0. The SMILES string of the molecule is COc1ccc(O[C@@H](C)c2nnc(-c3ccccc3)o2)c([N+](=O)[O-])c1. The molecule has 25 heavy (non-hydrogen) atoms. The molecule has 8 nitrogen and oxygen atoms in total. The maximum absolute atomic E-state index is 11.2. The highest BCUT2D eigenvalue weighted by Crippen LogP contribution is 2.34. The lowest BCUT2D eigenvalue weighted by atomic mass is 10.2. The van der Waals surface area contributed by atoms with Crippen LogP contribution in [0.3, 0.4) is 0 Å². The second-order valence-corrected chi connectivity index (χ2v) is 5.16. The van der Waals surface area contributed by atoms with Crippen LogP contribution in [0.4, 0.5) is 5.69 Å². The van der Waals surface area contributed by atoms with Crippen molar-refractivity contribution in [1.29, 1.82) is 0 Å². The van der Waals surface area contributed by atoms with Crippen molar-refractivity contribution in [3.05, 3.63) is 64.5 Å². The van der Waals surface area contributed by atoms with Crippen molar-refractivity contribution in [3.8, 4) is 23.0 Å². The Kier molecular flexibility index (Phi) is 4.60. The molecule has 8 heteroatoms. The van der Waals surface area contributed by atoms with E-state index in [1.807, 2.05) is 30.3 Å². The van der Waals surface area contributed by atoms with E-state index in [-0.39, 0.29) is 17.3 Å². The first kappa shape index (κ1) is 16.4. The Bertz CT molecular complexity index is 879. The number of nitro benzene ring substituents is 1. The summed E-state index contributed by atoms with van der Waals surface area (Å²) in [4.78, 5) is 10.7. The molecule has 3 aromatic rings. The first-order chi connectivity index (χ1) is 12.1. The molecular weight excluding hydrogens is 326 g/mol. The number of methoxy groups -OCH3 is 1. The fourth-order valence-electron chi connectivity index (χ4n) is 2.20. The lowest BCUT2D eigenvalue weighted by Crippen LogP contribution is -2.05. The minimum absolute atomic E-state index is 0.0951. The van der Waals surface area contributed by atoms with Crippen LogP contribution in [-0.4, -0.2) is 22.2 Å². The number of benzene rings is 2. The summed E-state index contributed by atoms with van der Waals surface area (Å²) in [5, 5.41) is 19.2. The van der Waals surface area contributed by atoms with Gasteiger partial charge in [-0.1, -0.05) is 18.2 Å². The highest BCUT2D eigenvalue weighted by Gasteiger charge is 2.22. The Morgan fingerprint density at radius 2 is 1.92 bits per heavy atom. The Labute approximate surface area is 143 Å². The molecule has 0 saturated heterocycles. The minimum Gasteiger partial charge on any atom is -0.496 e. The summed E-state index contributed by atoms with van der Waals surface area (Å²) in [6, 6.07) is 13.6. The zero-order valence-electron chi connectivity index (χ0n) is 13.6. The molecule has 0 aliphatic heterocycles. The van der Waals surface area contributed by atoms with Crippen LogP contribution in [0, 0.1) is 10.1 Å². The zero-order valence-corrected chi connectivity index (χ0v) is 13.6. The van der Waals surface area contributed by atoms with Gasteiger partial charge in [0, 0.05) is 5.56 Å². The second kappa shape index (κ2) is 7.00. The molecule has 0 spiro atoms. The van der Waals surface area contributed by atoms with E-state index >= 15 is 0 Å². The van der Waals surface area contributed by atoms with E-state index in [4.69, 9.17) is 13.9 Å². The summed E-state index contributed by atoms with van der Waals surface area (Å²) in [5.41, 5.74) is 0.581. The average molecular weight is 341 g/mol. The maximum Gasteiger partial charge on any atom is 0.314 e. The van der Waals surface area contributed by atoms with Crippen LogP contribution >= 0.6 is 0 Å². The van der Waals surface area contributed by atoms with Crippen molar-refractivity contribution >= 4 is 5.69 Å². The number of rotatable bonds is 6. The molecular formula is C17H15N3O5. The predicted molar refractivity (Wildman–Crippen MR) is 88.4 cm³/mol. The van der Waals surface area contributed by atoms with Crippen molar-refractivity contribution in [2.75, 3.05) is 7.11 Å². The molecule has 0 unspecified atom stereocenters. The monoisotopic (exact) mass is 341 g/mol. The van der Waals surface area contributed by atoms with Gasteiger partial charge >= 0.3 is 5.69 Å². The molecule has 2 aromatic carbocycles. The molecule has 1 heterocycles. The summed E-state index contributed by atoms with van der Waals surface area (Å²) in [6.45, 7) is 1.68. The van der Waals surface area contributed by atoms with Gasteiger partial charge in [-0.2, -0.15) is 0 Å². The lowest BCUT2D eigenvalue weighted by molar-refractivity contribution is -0.386. The quantitative estimate of drug-likeness (QED) is 0.496. The second-order valence-electron chi connectivity index (χ2n) is 5.16. The van der Waals surface area contributed by atoms with Crippen molar-refractivity contribution < 1.29 is 18.8 Å². The van der Waals surface area contributed by atoms with Gasteiger partial charge in [0.1, 0.15) is 5.75 Å². The van der Waals surface area contributed by atoms with Gasteiger partial charge in [0.25, 0.3) is 5.89 Å². The van der Waals surface area contributed by atoms with E-state index in [2.05, 4.69) is 10.2 Å². The average Bonchev–Trinajstić information content (AvgIpc) is 3.13. The van der Waals surface area contributed by atoms with E-state index in [1.54, 1.807) is 13.0 Å². The Hall–Kier alpha value is -3.42. The van der Waals surface area contributed by atoms with Crippen LogP contribution in [0.15, 0.2) is 52.9 Å². The van der Waals surface area contributed by atoms with Gasteiger partial charge in [-0.15, -0.1) is 10.2 Å². The molecule has 3 rings (SSSR count). The molecule has 1 atom stereocenters. The Morgan fingerprint density at radius 1 is 1.16 bits per heavy atom. The minimum atomic E-state index is -0.656. The molecule has 0 amide bonds. The number of hydrogen-bond donors (Lipinski definition) is 0. The Balaban J connectivity index is 1.82. The molecule has 0 aliphatic carbocycles. The fraction of sp³-hybridized carbons (Fsp3) is 0.176. The highest BCUT2D eigenvalue weighted by atomic mass is 16.6. The van der Waals surface area contributed by atoms with Gasteiger partial charge in [-0.25, -0.2) is 0 Å². The van der Waals surface area contributed by atoms with Crippen molar-refractivity contribution in [1.82, 2.24) is 10.2 Å². The van der Waals surface area contributed by atoms with Crippen LogP contribution in [0.2, 0.25) is 0 Å². The van der Waals surface area contributed by atoms with E-state index in [9.17, 15) is 10.1 Å². The van der Waals surface area contributed by atoms with Crippen molar-refractivity contribution in [2.45, 2.75) is 13.0 Å². The molecule has 0 radical (unpaired) electrons. The summed E-state index contributed by atoms with van der Waals surface area (Å²) in [5.74, 6) is 1.05. The van der Waals surface area contributed by atoms with Crippen molar-refractivity contribution in [3.63, 3.8) is 0 Å². The topological polar surface area (TPSA) is 101 Å². The van der Waals surface area contributed by atoms with E-state index in [1.165, 1.54) is 19.2 Å². The standard InChI is InChI=1S/C17H15N3O5/c1-11(16-18-19-17(25-16)12-6-4-3-5-7-12)24-15-9-8-13(23-2)10-14(15)20(21)22/h3-11H,1-2H3/t11-/m0/s1. The number of aromatic nitrogens is 2. The van der Waals surface area contributed by atoms with Gasteiger partial charge in [0.15, 0.2) is 11.9 Å². The maximum atomic E-state index is 11.2. The van der Waals surface area contributed by atoms with Crippen LogP contribution in [0.5, 0.6) is 11.5 Å². The lowest BCUT2D eigenvalue weighted by Gasteiger charge is -2.11. The Morgan fingerprint density at radius 3 is 2.60 bits per heavy atom.